The molecular formula is C32H40O8. The van der Waals surface area contributed by atoms with Crippen LogP contribution in [0.15, 0.2) is 42.0 Å². The van der Waals surface area contributed by atoms with Gasteiger partial charge < -0.3 is 18.9 Å². The average molecular weight is 553 g/mol. The van der Waals surface area contributed by atoms with E-state index in [4.69, 9.17) is 18.9 Å². The largest absolute Gasteiger partial charge is 0.461 e. The molecule has 2 saturated carbocycles. The fraction of sp³-hybridized carbons (Fsp3) is 0.625. The van der Waals surface area contributed by atoms with Gasteiger partial charge in [-0.25, -0.2) is 0 Å². The maximum atomic E-state index is 14.5. The van der Waals surface area contributed by atoms with Gasteiger partial charge in [-0.3, -0.25) is 19.2 Å². The predicted molar refractivity (Wildman–Crippen MR) is 145 cm³/mol. The zero-order valence-corrected chi connectivity index (χ0v) is 24.2. The number of esters is 3. The number of carbonyl (C=O) groups excluding carboxylic acids is 4. The Morgan fingerprint density at radius 3 is 2.33 bits per heavy atom. The molecule has 1 saturated heterocycles. The van der Waals surface area contributed by atoms with Crippen molar-refractivity contribution in [2.75, 3.05) is 6.61 Å². The van der Waals surface area contributed by atoms with Crippen LogP contribution >= 0.6 is 0 Å². The molecule has 0 bridgehead atoms. The normalized spacial score (nSPS) is 39.0. The van der Waals surface area contributed by atoms with Gasteiger partial charge in [0.2, 0.25) is 5.78 Å². The molecule has 1 aliphatic heterocycles. The number of benzene rings is 1. The topological polar surface area (TPSA) is 108 Å². The smallest absolute Gasteiger partial charge is 0.310 e. The van der Waals surface area contributed by atoms with Gasteiger partial charge in [-0.2, -0.15) is 0 Å². The lowest BCUT2D eigenvalue weighted by Gasteiger charge is -2.41. The molecule has 1 aromatic carbocycles. The second kappa shape index (κ2) is 10.1. The molecule has 3 fully saturated rings. The molecule has 8 nitrogen and oxygen atoms in total. The summed E-state index contributed by atoms with van der Waals surface area (Å²) in [7, 11) is 0. The number of Topliss-reactive ketones (excluding diaryl/α,β-unsaturated/α-hetero) is 1. The average Bonchev–Trinajstić information content (AvgIpc) is 3.73. The summed E-state index contributed by atoms with van der Waals surface area (Å²) in [4.78, 5) is 52.9. The quantitative estimate of drug-likeness (QED) is 0.301. The summed E-state index contributed by atoms with van der Waals surface area (Å²) in [5, 5.41) is 0. The minimum Gasteiger partial charge on any atom is -0.461 e. The molecule has 40 heavy (non-hydrogen) atoms. The standard InChI is InChI=1S/C32H40O8/c1-18-14-24-23(30(24,5)6)12-13-31(17-37-31)29(38-20(3)33)26-27(39-25(35)15-22-10-8-7-9-11-22)19(2)16-32(26,28(18)36)40-21(4)34/h7-11,14,19,23-24,26-27,29H,12-13,15-17H2,1-6H3/b18-14+/t19-,23-,24+,26+,27-,29?,31+,32+/m0/s1. The molecule has 4 aliphatic rings. The first kappa shape index (κ1) is 28.5. The number of hydrogen-bond acceptors (Lipinski definition) is 8. The molecule has 1 spiro atoms. The van der Waals surface area contributed by atoms with Crippen molar-refractivity contribution >= 4 is 23.7 Å². The SMILES string of the molecule is CC(=O)OC1[C@H]2[C@@H](OC(=O)Cc3ccccc3)[C@@H](C)C[C@]2(OC(C)=O)C(=O)/C(C)=C/[C@@H]2[C@H](CC[C@@]13CO3)C2(C)C. The first-order valence-corrected chi connectivity index (χ1v) is 14.3. The van der Waals surface area contributed by atoms with E-state index in [-0.39, 0.29) is 35.9 Å². The van der Waals surface area contributed by atoms with E-state index < -0.39 is 47.2 Å². The van der Waals surface area contributed by atoms with Crippen LogP contribution < -0.4 is 0 Å². The summed E-state index contributed by atoms with van der Waals surface area (Å²) in [6.07, 6.45) is 1.85. The minimum absolute atomic E-state index is 0.0141. The molecule has 0 N–H and O–H groups in total. The van der Waals surface area contributed by atoms with E-state index in [1.165, 1.54) is 13.8 Å². The Morgan fingerprint density at radius 1 is 1.05 bits per heavy atom. The molecule has 1 heterocycles. The van der Waals surface area contributed by atoms with Gasteiger partial charge in [0.1, 0.15) is 17.8 Å². The van der Waals surface area contributed by atoms with Gasteiger partial charge in [0, 0.05) is 20.3 Å². The molecular weight excluding hydrogens is 512 g/mol. The van der Waals surface area contributed by atoms with Crippen molar-refractivity contribution in [1.82, 2.24) is 0 Å². The van der Waals surface area contributed by atoms with Crippen LogP contribution in [0, 0.1) is 29.1 Å². The van der Waals surface area contributed by atoms with Crippen molar-refractivity contribution in [3.05, 3.63) is 47.5 Å². The van der Waals surface area contributed by atoms with Crippen molar-refractivity contribution in [1.29, 1.82) is 0 Å². The number of hydrogen-bond donors (Lipinski definition) is 0. The highest BCUT2D eigenvalue weighted by atomic mass is 16.6. The monoisotopic (exact) mass is 552 g/mol. The van der Waals surface area contributed by atoms with E-state index in [0.717, 1.165) is 12.0 Å². The van der Waals surface area contributed by atoms with Crippen LogP contribution in [0.3, 0.4) is 0 Å². The number of carbonyl (C=O) groups is 4. The molecule has 216 valence electrons. The summed E-state index contributed by atoms with van der Waals surface area (Å²) >= 11 is 0. The maximum absolute atomic E-state index is 14.5. The molecule has 8 heteroatoms. The van der Waals surface area contributed by atoms with Crippen LogP contribution in [0.2, 0.25) is 0 Å². The summed E-state index contributed by atoms with van der Waals surface area (Å²) in [6.45, 7) is 11.0. The van der Waals surface area contributed by atoms with Gasteiger partial charge in [0.05, 0.1) is 18.9 Å². The third kappa shape index (κ3) is 5.00. The predicted octanol–water partition coefficient (Wildman–Crippen LogP) is 4.38. The van der Waals surface area contributed by atoms with E-state index in [0.29, 0.717) is 24.5 Å². The van der Waals surface area contributed by atoms with Crippen LogP contribution in [0.4, 0.5) is 0 Å². The van der Waals surface area contributed by atoms with Gasteiger partial charge in [-0.05, 0) is 54.1 Å². The van der Waals surface area contributed by atoms with Gasteiger partial charge in [-0.15, -0.1) is 0 Å². The van der Waals surface area contributed by atoms with Crippen LogP contribution in [0.1, 0.15) is 66.4 Å². The maximum Gasteiger partial charge on any atom is 0.310 e. The molecule has 8 atom stereocenters. The summed E-state index contributed by atoms with van der Waals surface area (Å²) in [5.74, 6) is -2.72. The first-order valence-electron chi connectivity index (χ1n) is 14.3. The molecule has 3 aliphatic carbocycles. The second-order valence-corrected chi connectivity index (χ2v) is 12.9. The Kier molecular flexibility index (Phi) is 7.22. The third-order valence-electron chi connectivity index (χ3n) is 9.71. The van der Waals surface area contributed by atoms with Crippen LogP contribution in [-0.4, -0.2) is 53.7 Å². The lowest BCUT2D eigenvalue weighted by molar-refractivity contribution is -0.190. The van der Waals surface area contributed by atoms with Crippen LogP contribution in [0.5, 0.6) is 0 Å². The molecule has 1 unspecified atom stereocenters. The second-order valence-electron chi connectivity index (χ2n) is 12.9. The Bertz CT molecular complexity index is 1230. The molecule has 0 radical (unpaired) electrons. The van der Waals surface area contributed by atoms with Crippen LogP contribution in [-0.2, 0) is 44.5 Å². The van der Waals surface area contributed by atoms with E-state index >= 15 is 0 Å². The number of allylic oxidation sites excluding steroid dienone is 1. The van der Waals surface area contributed by atoms with Gasteiger partial charge in [0.15, 0.2) is 5.60 Å². The zero-order valence-electron chi connectivity index (χ0n) is 24.2. The number of fused-ring (bicyclic) bond motifs is 2. The van der Waals surface area contributed by atoms with Gasteiger partial charge in [-0.1, -0.05) is 57.2 Å². The summed E-state index contributed by atoms with van der Waals surface area (Å²) < 4.78 is 24.2. The fourth-order valence-electron chi connectivity index (χ4n) is 7.55. The van der Waals surface area contributed by atoms with Gasteiger partial charge >= 0.3 is 17.9 Å². The first-order chi connectivity index (χ1) is 18.8. The number of ketones is 1. The number of ether oxygens (including phenoxy) is 4. The van der Waals surface area contributed by atoms with E-state index in [1.54, 1.807) is 6.92 Å². The lowest BCUT2D eigenvalue weighted by atomic mass is 9.74. The molecule has 5 rings (SSSR count). The summed E-state index contributed by atoms with van der Waals surface area (Å²) in [6, 6.07) is 9.25. The lowest BCUT2D eigenvalue weighted by Crippen LogP contribution is -2.58. The highest BCUT2D eigenvalue weighted by molar-refractivity contribution is 6.03. The van der Waals surface area contributed by atoms with E-state index in [1.807, 2.05) is 43.3 Å². The van der Waals surface area contributed by atoms with Crippen molar-refractivity contribution in [3.8, 4) is 0 Å². The van der Waals surface area contributed by atoms with E-state index in [2.05, 4.69) is 13.8 Å². The van der Waals surface area contributed by atoms with Crippen molar-refractivity contribution in [2.24, 2.45) is 29.1 Å². The highest BCUT2D eigenvalue weighted by Gasteiger charge is 2.71. The Morgan fingerprint density at radius 2 is 1.73 bits per heavy atom. The minimum atomic E-state index is -1.68. The third-order valence-corrected chi connectivity index (χ3v) is 9.71. The Hall–Kier alpha value is -3.00. The molecule has 1 aromatic rings. The van der Waals surface area contributed by atoms with Crippen LogP contribution in [0.25, 0.3) is 0 Å². The van der Waals surface area contributed by atoms with Crippen molar-refractivity contribution in [3.63, 3.8) is 0 Å². The zero-order chi connectivity index (χ0) is 29.0. The molecule has 0 amide bonds. The number of epoxide rings is 1. The van der Waals surface area contributed by atoms with Gasteiger partial charge in [0.25, 0.3) is 0 Å². The highest BCUT2D eigenvalue weighted by Crippen LogP contribution is 2.64. The number of rotatable bonds is 5. The fourth-order valence-corrected chi connectivity index (χ4v) is 7.55. The Labute approximate surface area is 235 Å². The Balaban J connectivity index is 1.61. The summed E-state index contributed by atoms with van der Waals surface area (Å²) in [5.41, 5.74) is -1.22. The van der Waals surface area contributed by atoms with Crippen molar-refractivity contribution in [2.45, 2.75) is 90.6 Å². The van der Waals surface area contributed by atoms with Crippen molar-refractivity contribution < 1.29 is 38.1 Å². The molecule has 0 aromatic heterocycles. The van der Waals surface area contributed by atoms with E-state index in [9.17, 15) is 19.2 Å².